The van der Waals surface area contributed by atoms with Gasteiger partial charge in [-0.05, 0) is 77.8 Å². The van der Waals surface area contributed by atoms with Crippen LogP contribution in [0.3, 0.4) is 0 Å². The number of rotatable bonds is 9. The molecule has 0 radical (unpaired) electrons. The molecule has 1 atom stereocenters. The van der Waals surface area contributed by atoms with Crippen molar-refractivity contribution in [2.45, 2.75) is 71.5 Å². The van der Waals surface area contributed by atoms with Crippen LogP contribution in [0.15, 0.2) is 77.7 Å². The van der Waals surface area contributed by atoms with Crippen molar-refractivity contribution in [3.8, 4) is 0 Å². The van der Waals surface area contributed by atoms with Crippen LogP contribution in [0.1, 0.15) is 49.9 Å². The van der Waals surface area contributed by atoms with Gasteiger partial charge in [0.05, 0.1) is 10.6 Å². The summed E-state index contributed by atoms with van der Waals surface area (Å²) in [5, 5.41) is 2.94. The van der Waals surface area contributed by atoms with Gasteiger partial charge in [-0.1, -0.05) is 65.7 Å². The monoisotopic (exact) mass is 549 g/mol. The van der Waals surface area contributed by atoms with Crippen molar-refractivity contribution >= 4 is 27.5 Å². The fourth-order valence-corrected chi connectivity index (χ4v) is 5.62. The molecule has 0 bridgehead atoms. The van der Waals surface area contributed by atoms with Crippen molar-refractivity contribution in [1.82, 2.24) is 10.2 Å². The second-order valence-corrected chi connectivity index (χ2v) is 12.9. The highest BCUT2D eigenvalue weighted by molar-refractivity contribution is 7.92. The number of benzene rings is 3. The molecule has 0 aliphatic carbocycles. The third-order valence-corrected chi connectivity index (χ3v) is 8.18. The van der Waals surface area contributed by atoms with Crippen molar-refractivity contribution in [2.75, 3.05) is 10.8 Å². The van der Waals surface area contributed by atoms with E-state index < -0.39 is 34.1 Å². The molecule has 0 aliphatic rings. The number of carbonyl (C=O) groups excluding carboxylic acids is 2. The van der Waals surface area contributed by atoms with Gasteiger partial charge in [0.15, 0.2) is 0 Å². The van der Waals surface area contributed by atoms with E-state index in [1.807, 2.05) is 65.0 Å². The first-order valence-electron chi connectivity index (χ1n) is 13.0. The lowest BCUT2D eigenvalue weighted by atomic mass is 10.1. The Kier molecular flexibility index (Phi) is 9.22. The number of nitrogens with one attached hydrogen (secondary N) is 1. The summed E-state index contributed by atoms with van der Waals surface area (Å²) in [7, 11) is -4.09. The summed E-state index contributed by atoms with van der Waals surface area (Å²) < 4.78 is 29.0. The zero-order valence-electron chi connectivity index (χ0n) is 23.9. The van der Waals surface area contributed by atoms with Gasteiger partial charge in [-0.2, -0.15) is 0 Å². The molecule has 0 unspecified atom stereocenters. The Hall–Kier alpha value is -3.65. The van der Waals surface area contributed by atoms with Crippen LogP contribution in [-0.4, -0.2) is 43.3 Å². The summed E-state index contributed by atoms with van der Waals surface area (Å²) in [5.74, 6) is -0.794. The number of hydrogen-bond donors (Lipinski definition) is 1. The molecule has 3 rings (SSSR count). The first-order chi connectivity index (χ1) is 18.2. The summed E-state index contributed by atoms with van der Waals surface area (Å²) in [4.78, 5) is 28.7. The van der Waals surface area contributed by atoms with Gasteiger partial charge in [-0.3, -0.25) is 13.9 Å². The smallest absolute Gasteiger partial charge is 0.264 e. The van der Waals surface area contributed by atoms with Gasteiger partial charge < -0.3 is 10.2 Å². The second kappa shape index (κ2) is 12.0. The van der Waals surface area contributed by atoms with Crippen LogP contribution in [0.4, 0.5) is 5.69 Å². The summed E-state index contributed by atoms with van der Waals surface area (Å²) in [6.45, 7) is 12.6. The minimum absolute atomic E-state index is 0.0905. The average Bonchev–Trinajstić information content (AvgIpc) is 2.86. The molecule has 8 heteroatoms. The maximum atomic E-state index is 14.0. The molecule has 3 aromatic rings. The number of hydrogen-bond acceptors (Lipinski definition) is 4. The largest absolute Gasteiger partial charge is 0.350 e. The Bertz CT molecular complexity index is 1410. The first-order valence-corrected chi connectivity index (χ1v) is 14.4. The molecule has 2 amide bonds. The fourth-order valence-electron chi connectivity index (χ4n) is 4.14. The molecule has 1 N–H and O–H groups in total. The minimum atomic E-state index is -4.09. The molecule has 3 aromatic carbocycles. The Morgan fingerprint density at radius 2 is 1.38 bits per heavy atom. The molecule has 39 heavy (non-hydrogen) atoms. The number of amides is 2. The van der Waals surface area contributed by atoms with Crippen LogP contribution in [0.2, 0.25) is 0 Å². The minimum Gasteiger partial charge on any atom is -0.350 e. The van der Waals surface area contributed by atoms with E-state index in [4.69, 9.17) is 0 Å². The molecule has 0 aliphatic heterocycles. The highest BCUT2D eigenvalue weighted by Crippen LogP contribution is 2.27. The summed E-state index contributed by atoms with van der Waals surface area (Å²) in [5.41, 5.74) is 3.47. The molecule has 0 spiro atoms. The third kappa shape index (κ3) is 7.69. The highest BCUT2D eigenvalue weighted by atomic mass is 32.2. The Morgan fingerprint density at radius 1 is 0.846 bits per heavy atom. The predicted octanol–water partition coefficient (Wildman–Crippen LogP) is 5.14. The SMILES string of the molecule is Cc1ccc(CN(C(=O)CN(c2ccccc2C)S(=O)(=O)c2ccc(C)cc2)[C@@H](C)C(=O)NC(C)(C)C)cc1. The maximum Gasteiger partial charge on any atom is 0.264 e. The Balaban J connectivity index is 2.04. The molecule has 0 saturated carbocycles. The Morgan fingerprint density at radius 3 is 1.92 bits per heavy atom. The van der Waals surface area contributed by atoms with Gasteiger partial charge in [0.25, 0.3) is 10.0 Å². The van der Waals surface area contributed by atoms with Crippen LogP contribution in [-0.2, 0) is 26.2 Å². The number of nitrogens with zero attached hydrogens (tertiary/aromatic N) is 2. The van der Waals surface area contributed by atoms with E-state index in [1.54, 1.807) is 56.3 Å². The van der Waals surface area contributed by atoms with E-state index in [0.29, 0.717) is 11.3 Å². The van der Waals surface area contributed by atoms with Gasteiger partial charge in [-0.25, -0.2) is 8.42 Å². The van der Waals surface area contributed by atoms with Crippen molar-refractivity contribution in [3.05, 3.63) is 95.1 Å². The van der Waals surface area contributed by atoms with Crippen molar-refractivity contribution in [2.24, 2.45) is 0 Å². The second-order valence-electron chi connectivity index (χ2n) is 11.0. The molecular formula is C31H39N3O4S. The van der Waals surface area contributed by atoms with E-state index in [0.717, 1.165) is 21.0 Å². The van der Waals surface area contributed by atoms with Crippen molar-refractivity contribution < 1.29 is 18.0 Å². The first kappa shape index (κ1) is 29.9. The number of anilines is 1. The standard InChI is InChI=1S/C31H39N3O4S/c1-22-12-16-26(17-13-22)20-33(25(4)30(36)32-31(5,6)7)29(35)21-34(28-11-9-8-10-24(28)3)39(37,38)27-18-14-23(2)15-19-27/h8-19,25H,20-21H2,1-7H3,(H,32,36)/t25-/m0/s1. The lowest BCUT2D eigenvalue weighted by molar-refractivity contribution is -0.140. The number of aryl methyl sites for hydroxylation is 3. The quantitative estimate of drug-likeness (QED) is 0.401. The van der Waals surface area contributed by atoms with Crippen LogP contribution < -0.4 is 9.62 Å². The third-order valence-electron chi connectivity index (χ3n) is 6.41. The normalized spacial score (nSPS) is 12.5. The number of carbonyl (C=O) groups is 2. The molecule has 0 heterocycles. The van der Waals surface area contributed by atoms with Gasteiger partial charge in [-0.15, -0.1) is 0 Å². The lowest BCUT2D eigenvalue weighted by Gasteiger charge is -2.33. The molecule has 0 fully saturated rings. The molecule has 208 valence electrons. The molecule has 0 saturated heterocycles. The highest BCUT2D eigenvalue weighted by Gasteiger charge is 2.33. The van der Waals surface area contributed by atoms with Gasteiger partial charge in [0.1, 0.15) is 12.6 Å². The lowest BCUT2D eigenvalue weighted by Crippen LogP contribution is -2.54. The summed E-state index contributed by atoms with van der Waals surface area (Å²) in [6, 6.07) is 20.5. The zero-order valence-corrected chi connectivity index (χ0v) is 24.7. The molecular weight excluding hydrogens is 510 g/mol. The van der Waals surface area contributed by atoms with Crippen LogP contribution in [0.5, 0.6) is 0 Å². The topological polar surface area (TPSA) is 86.8 Å². The van der Waals surface area contributed by atoms with Gasteiger partial charge in [0, 0.05) is 12.1 Å². The molecule has 7 nitrogen and oxygen atoms in total. The van der Waals surface area contributed by atoms with E-state index in [9.17, 15) is 18.0 Å². The number of para-hydroxylation sites is 1. The van der Waals surface area contributed by atoms with Crippen LogP contribution in [0.25, 0.3) is 0 Å². The fraction of sp³-hybridized carbons (Fsp3) is 0.355. The van der Waals surface area contributed by atoms with Crippen LogP contribution >= 0.6 is 0 Å². The summed E-state index contributed by atoms with van der Waals surface area (Å²) in [6.07, 6.45) is 0. The van der Waals surface area contributed by atoms with E-state index in [2.05, 4.69) is 5.32 Å². The summed E-state index contributed by atoms with van der Waals surface area (Å²) >= 11 is 0. The van der Waals surface area contributed by atoms with Gasteiger partial charge in [0.2, 0.25) is 11.8 Å². The van der Waals surface area contributed by atoms with Crippen molar-refractivity contribution in [3.63, 3.8) is 0 Å². The van der Waals surface area contributed by atoms with E-state index in [-0.39, 0.29) is 17.3 Å². The van der Waals surface area contributed by atoms with Gasteiger partial charge >= 0.3 is 0 Å². The van der Waals surface area contributed by atoms with Crippen molar-refractivity contribution in [1.29, 1.82) is 0 Å². The van der Waals surface area contributed by atoms with Crippen LogP contribution in [0, 0.1) is 20.8 Å². The number of sulfonamides is 1. The maximum absolute atomic E-state index is 14.0. The molecule has 0 aromatic heterocycles. The zero-order chi connectivity index (χ0) is 29.0. The predicted molar refractivity (Wildman–Crippen MR) is 156 cm³/mol. The van der Waals surface area contributed by atoms with E-state index >= 15 is 0 Å². The average molecular weight is 550 g/mol. The van der Waals surface area contributed by atoms with E-state index in [1.165, 1.54) is 4.90 Å². The Labute approximate surface area is 232 Å².